The van der Waals surface area contributed by atoms with E-state index in [-0.39, 0.29) is 29.6 Å². The maximum Gasteiger partial charge on any atom is 0.266 e. The smallest absolute Gasteiger partial charge is 0.266 e. The molecule has 0 fully saturated rings. The first kappa shape index (κ1) is 37.2. The third kappa shape index (κ3) is 8.98. The number of methoxy groups -OCH3 is 3. The van der Waals surface area contributed by atoms with Gasteiger partial charge in [0.2, 0.25) is 5.90 Å². The van der Waals surface area contributed by atoms with Crippen molar-refractivity contribution in [1.82, 2.24) is 10.9 Å². The lowest BCUT2D eigenvalue weighted by atomic mass is 9.85. The highest BCUT2D eigenvalue weighted by atomic mass is 32.2. The molecule has 1 amide bonds. The van der Waals surface area contributed by atoms with Gasteiger partial charge < -0.3 is 28.8 Å². The third-order valence-electron chi connectivity index (χ3n) is 8.47. The molecule has 3 N–H and O–H groups in total. The summed E-state index contributed by atoms with van der Waals surface area (Å²) in [6.45, 7) is 0.714. The summed E-state index contributed by atoms with van der Waals surface area (Å²) in [7, 11) is 0.855. The first-order valence-electron chi connectivity index (χ1n) is 16.5. The highest BCUT2D eigenvalue weighted by Gasteiger charge is 2.53. The van der Waals surface area contributed by atoms with Crippen LogP contribution in [0.2, 0.25) is 0 Å². The maximum absolute atomic E-state index is 14.5. The monoisotopic (exact) mass is 717 g/mol. The number of amides is 1. The number of carbonyl (C=O) groups is 1. The van der Waals surface area contributed by atoms with E-state index in [1.165, 1.54) is 19.2 Å². The van der Waals surface area contributed by atoms with E-state index >= 15 is 0 Å². The summed E-state index contributed by atoms with van der Waals surface area (Å²) in [5.41, 5.74) is 6.19. The number of ether oxygens (including phenoxy) is 5. The Morgan fingerprint density at radius 3 is 2.35 bits per heavy atom. The molecule has 0 spiro atoms. The second kappa shape index (κ2) is 17.2. The number of carbonyl (C=O) groups excluding carboxylic acids is 1. The van der Waals surface area contributed by atoms with Crippen LogP contribution < -0.4 is 29.8 Å². The Bertz CT molecular complexity index is 1900. The molecule has 0 bridgehead atoms. The van der Waals surface area contributed by atoms with Crippen molar-refractivity contribution in [3.05, 3.63) is 114 Å². The van der Waals surface area contributed by atoms with E-state index in [1.54, 1.807) is 80.9 Å². The largest absolute Gasteiger partial charge is 0.497 e. The topological polar surface area (TPSA) is 154 Å². The quantitative estimate of drug-likeness (QED) is 0.0994. The van der Waals surface area contributed by atoms with Gasteiger partial charge in [0.15, 0.2) is 33.0 Å². The van der Waals surface area contributed by atoms with Crippen LogP contribution in [0.4, 0.5) is 0 Å². The second-order valence-electron chi connectivity index (χ2n) is 11.8. The zero-order valence-electron chi connectivity index (χ0n) is 28.8. The predicted molar refractivity (Wildman–Crippen MR) is 192 cm³/mol. The van der Waals surface area contributed by atoms with Crippen LogP contribution in [0, 0.1) is 0 Å². The molecule has 1 aliphatic heterocycles. The van der Waals surface area contributed by atoms with Crippen LogP contribution in [-0.4, -0.2) is 77.7 Å². The van der Waals surface area contributed by atoms with Gasteiger partial charge in [0.1, 0.15) is 11.5 Å². The number of hydrazine groups is 1. The van der Waals surface area contributed by atoms with Gasteiger partial charge in [-0.05, 0) is 78.2 Å². The predicted octanol–water partition coefficient (Wildman–Crippen LogP) is 4.46. The molecular weight excluding hydrogens is 674 g/mol. The lowest BCUT2D eigenvalue weighted by molar-refractivity contribution is -0.130. The number of nitrogens with one attached hydrogen (secondary N) is 2. The van der Waals surface area contributed by atoms with E-state index in [0.29, 0.717) is 60.1 Å². The number of aliphatic hydroxyl groups is 1. The molecule has 1 aliphatic rings. The fourth-order valence-corrected chi connectivity index (χ4v) is 7.09. The van der Waals surface area contributed by atoms with Crippen molar-refractivity contribution in [2.24, 2.45) is 4.99 Å². The highest BCUT2D eigenvalue weighted by molar-refractivity contribution is 7.91. The summed E-state index contributed by atoms with van der Waals surface area (Å²) < 4.78 is 55.6. The van der Waals surface area contributed by atoms with E-state index in [1.807, 2.05) is 18.2 Å². The van der Waals surface area contributed by atoms with E-state index in [0.717, 1.165) is 5.56 Å². The van der Waals surface area contributed by atoms with Gasteiger partial charge >= 0.3 is 0 Å². The number of rotatable bonds is 18. The first-order chi connectivity index (χ1) is 24.7. The van der Waals surface area contributed by atoms with Gasteiger partial charge in [-0.1, -0.05) is 36.4 Å². The number of aliphatic imine (C=N–C) groups is 1. The molecular formula is C38H43N3O9S. The SMILES string of the molecule is COc1cccc([C@@H]2OC(c3ccc(OCCCO)cc3)=N[C@]2(CCS(=O)(=O)c2ccccc2)C(=O)NNCCc2ccc(OC)c(OC)c2)c1. The average Bonchev–Trinajstić information content (AvgIpc) is 3.57. The van der Waals surface area contributed by atoms with Gasteiger partial charge in [-0.2, -0.15) is 0 Å². The Morgan fingerprint density at radius 1 is 0.882 bits per heavy atom. The number of hydrogen-bond acceptors (Lipinski definition) is 11. The number of benzene rings is 4. The molecule has 4 aromatic rings. The molecule has 5 rings (SSSR count). The van der Waals surface area contributed by atoms with Gasteiger partial charge in [0.05, 0.1) is 38.6 Å². The first-order valence-corrected chi connectivity index (χ1v) is 18.1. The molecule has 0 unspecified atom stereocenters. The number of aliphatic hydroxyl groups excluding tert-OH is 1. The summed E-state index contributed by atoms with van der Waals surface area (Å²) in [6, 6.07) is 27.8. The lowest BCUT2D eigenvalue weighted by Crippen LogP contribution is -2.53. The van der Waals surface area contributed by atoms with Gasteiger partial charge in [0, 0.05) is 31.6 Å². The van der Waals surface area contributed by atoms with E-state index in [2.05, 4.69) is 10.9 Å². The Kier molecular flexibility index (Phi) is 12.5. The minimum absolute atomic E-state index is 0.0175. The molecule has 13 heteroatoms. The normalized spacial score (nSPS) is 16.9. The van der Waals surface area contributed by atoms with Crippen molar-refractivity contribution in [3.8, 4) is 23.0 Å². The van der Waals surface area contributed by atoms with Crippen molar-refractivity contribution < 1.29 is 42.0 Å². The number of nitrogens with zero attached hydrogens (tertiary/aromatic N) is 1. The Labute approximate surface area is 298 Å². The Balaban J connectivity index is 1.48. The van der Waals surface area contributed by atoms with Crippen LogP contribution in [0.1, 0.15) is 35.6 Å². The van der Waals surface area contributed by atoms with Crippen LogP contribution in [0.25, 0.3) is 0 Å². The van der Waals surface area contributed by atoms with Crippen molar-refractivity contribution in [1.29, 1.82) is 0 Å². The summed E-state index contributed by atoms with van der Waals surface area (Å²) in [5, 5.41) is 9.09. The van der Waals surface area contributed by atoms with Gasteiger partial charge in [-0.15, -0.1) is 0 Å². The lowest BCUT2D eigenvalue weighted by Gasteiger charge is -2.30. The van der Waals surface area contributed by atoms with Crippen LogP contribution in [0.5, 0.6) is 23.0 Å². The van der Waals surface area contributed by atoms with Gasteiger partial charge in [-0.3, -0.25) is 10.2 Å². The molecule has 270 valence electrons. The highest BCUT2D eigenvalue weighted by Crippen LogP contribution is 2.44. The van der Waals surface area contributed by atoms with Gasteiger partial charge in [-0.25, -0.2) is 18.8 Å². The van der Waals surface area contributed by atoms with E-state index in [9.17, 15) is 13.2 Å². The van der Waals surface area contributed by atoms with Crippen molar-refractivity contribution in [2.75, 3.05) is 46.8 Å². The van der Waals surface area contributed by atoms with Crippen molar-refractivity contribution >= 4 is 21.6 Å². The number of sulfone groups is 1. The minimum atomic E-state index is -3.82. The summed E-state index contributed by atoms with van der Waals surface area (Å²) >= 11 is 0. The minimum Gasteiger partial charge on any atom is -0.497 e. The maximum atomic E-state index is 14.5. The summed E-state index contributed by atoms with van der Waals surface area (Å²) in [5.74, 6) is 1.55. The molecule has 0 aliphatic carbocycles. The molecule has 0 saturated heterocycles. The van der Waals surface area contributed by atoms with Crippen LogP contribution in [0.3, 0.4) is 0 Å². The standard InChI is InChI=1S/C38H43N3O9S/c1-46-31-10-7-9-29(26-31)35-38(20-24-51(44,45)32-11-5-4-6-12-32,40-36(50-35)28-14-16-30(17-15-28)49-23-8-22-42)37(43)41-39-21-19-27-13-18-33(47-2)34(25-27)48-3/h4-7,9-18,25-26,35,39,42H,8,19-24H2,1-3H3,(H,41,43)/t35-,38-/m0/s1. The molecule has 12 nitrogen and oxygen atoms in total. The van der Waals surface area contributed by atoms with Crippen LogP contribution >= 0.6 is 0 Å². The van der Waals surface area contributed by atoms with E-state index in [4.69, 9.17) is 33.8 Å². The molecule has 1 heterocycles. The molecule has 4 aromatic carbocycles. The number of hydrogen-bond donors (Lipinski definition) is 3. The van der Waals surface area contributed by atoms with Crippen LogP contribution in [0.15, 0.2) is 107 Å². The van der Waals surface area contributed by atoms with E-state index < -0.39 is 27.4 Å². The molecule has 0 aromatic heterocycles. The average molecular weight is 718 g/mol. The fraction of sp³-hybridized carbons (Fsp3) is 0.316. The zero-order chi connectivity index (χ0) is 36.3. The van der Waals surface area contributed by atoms with Gasteiger partial charge in [0.25, 0.3) is 5.91 Å². The molecule has 51 heavy (non-hydrogen) atoms. The fourth-order valence-electron chi connectivity index (χ4n) is 5.70. The molecule has 0 radical (unpaired) electrons. The summed E-state index contributed by atoms with van der Waals surface area (Å²) in [4.78, 5) is 19.5. The Morgan fingerprint density at radius 2 is 1.65 bits per heavy atom. The second-order valence-corrected chi connectivity index (χ2v) is 13.9. The molecule has 2 atom stereocenters. The third-order valence-corrected chi connectivity index (χ3v) is 10.2. The zero-order valence-corrected chi connectivity index (χ0v) is 29.6. The van der Waals surface area contributed by atoms with Crippen LogP contribution in [-0.2, 0) is 25.8 Å². The summed E-state index contributed by atoms with van der Waals surface area (Å²) in [6.07, 6.45) is -0.179. The Hall–Kier alpha value is -5.11. The molecule has 0 saturated carbocycles. The van der Waals surface area contributed by atoms with Crippen molar-refractivity contribution in [3.63, 3.8) is 0 Å². The van der Waals surface area contributed by atoms with Crippen molar-refractivity contribution in [2.45, 2.75) is 35.8 Å².